The summed E-state index contributed by atoms with van der Waals surface area (Å²) in [5.41, 5.74) is 2.28. The van der Waals surface area contributed by atoms with Crippen LogP contribution in [0, 0.1) is 5.92 Å². The fraction of sp³-hybridized carbons (Fsp3) is 0.520. The van der Waals surface area contributed by atoms with Crippen molar-refractivity contribution >= 4 is 0 Å². The van der Waals surface area contributed by atoms with Gasteiger partial charge in [0.1, 0.15) is 18.3 Å². The average Bonchev–Trinajstić information content (AvgIpc) is 3.31. The normalized spacial score (nSPS) is 34.4. The smallest absolute Gasteiger partial charge is 0.164 e. The van der Waals surface area contributed by atoms with Gasteiger partial charge in [-0.05, 0) is 25.0 Å². The summed E-state index contributed by atoms with van der Waals surface area (Å²) < 4.78 is 25.7. The van der Waals surface area contributed by atoms with Crippen LogP contribution >= 0.6 is 0 Å². The van der Waals surface area contributed by atoms with E-state index in [1.807, 2.05) is 62.4 Å². The van der Waals surface area contributed by atoms with Gasteiger partial charge in [0.15, 0.2) is 5.79 Å². The second kappa shape index (κ2) is 8.62. The van der Waals surface area contributed by atoms with Gasteiger partial charge < -0.3 is 18.9 Å². The maximum Gasteiger partial charge on any atom is 0.164 e. The Morgan fingerprint density at radius 1 is 0.839 bits per heavy atom. The molecule has 0 bridgehead atoms. The highest BCUT2D eigenvalue weighted by Crippen LogP contribution is 2.45. The fourth-order valence-corrected chi connectivity index (χ4v) is 5.11. The van der Waals surface area contributed by atoms with Crippen LogP contribution in [0.2, 0.25) is 0 Å². The third-order valence-electron chi connectivity index (χ3n) is 6.47. The maximum atomic E-state index is 6.49. The van der Waals surface area contributed by atoms with Gasteiger partial charge in [-0.25, -0.2) is 0 Å². The zero-order chi connectivity index (χ0) is 21.4. The molecule has 2 heterocycles. The third-order valence-corrected chi connectivity index (χ3v) is 6.47. The van der Waals surface area contributed by atoms with E-state index in [0.29, 0.717) is 19.8 Å². The van der Waals surface area contributed by atoms with Crippen LogP contribution in [-0.2, 0) is 37.0 Å². The first-order valence-electron chi connectivity index (χ1n) is 11.0. The van der Waals surface area contributed by atoms with Crippen molar-refractivity contribution in [2.45, 2.75) is 63.3 Å². The lowest BCUT2D eigenvalue weighted by Crippen LogP contribution is -2.62. The Hall–Kier alpha value is -1.80. The number of hydroxylamine groups is 2. The zero-order valence-electron chi connectivity index (χ0n) is 18.3. The summed E-state index contributed by atoms with van der Waals surface area (Å²) in [7, 11) is 1.97. The fourth-order valence-electron chi connectivity index (χ4n) is 5.11. The first-order valence-corrected chi connectivity index (χ1v) is 11.0. The van der Waals surface area contributed by atoms with Gasteiger partial charge in [-0.3, -0.25) is 4.84 Å². The second-order valence-electron chi connectivity index (χ2n) is 9.08. The number of likely N-dealkylation sites (N-methyl/N-ethyl adjacent to an activating group) is 1. The predicted octanol–water partition coefficient (Wildman–Crippen LogP) is 3.55. The van der Waals surface area contributed by atoms with Crippen molar-refractivity contribution in [1.82, 2.24) is 5.06 Å². The van der Waals surface area contributed by atoms with E-state index >= 15 is 0 Å². The minimum Gasteiger partial charge on any atom is -0.370 e. The standard InChI is InChI=1S/C25H31NO5/c1-25(2)30-23-21(27-14-17-10-6-4-7-11-17)19-16-29-26(3)20(19)22(24(23)31-25)28-15-18-12-8-5-9-13-18/h4-13,19-24H,14-16H2,1-3H3/t19-,20+,21-,22-,23-,24+/m1/s1. The van der Waals surface area contributed by atoms with Crippen LogP contribution in [0.3, 0.4) is 0 Å². The molecule has 31 heavy (non-hydrogen) atoms. The molecule has 0 spiro atoms. The van der Waals surface area contributed by atoms with Crippen LogP contribution in [0.25, 0.3) is 0 Å². The van der Waals surface area contributed by atoms with Gasteiger partial charge in [-0.2, -0.15) is 5.06 Å². The lowest BCUT2D eigenvalue weighted by atomic mass is 9.77. The molecule has 0 unspecified atom stereocenters. The van der Waals surface area contributed by atoms with E-state index in [-0.39, 0.29) is 36.4 Å². The van der Waals surface area contributed by atoms with E-state index < -0.39 is 5.79 Å². The summed E-state index contributed by atoms with van der Waals surface area (Å²) in [4.78, 5) is 5.94. The van der Waals surface area contributed by atoms with E-state index in [4.69, 9.17) is 23.8 Å². The number of hydrogen-bond donors (Lipinski definition) is 0. The summed E-state index contributed by atoms with van der Waals surface area (Å²) in [6.07, 6.45) is -0.764. The third kappa shape index (κ3) is 4.29. The molecule has 0 aromatic heterocycles. The molecule has 0 amide bonds. The Morgan fingerprint density at radius 3 is 1.94 bits per heavy atom. The molecule has 2 aliphatic heterocycles. The number of rotatable bonds is 6. The monoisotopic (exact) mass is 425 g/mol. The van der Waals surface area contributed by atoms with Crippen LogP contribution in [0.5, 0.6) is 0 Å². The molecule has 2 aromatic rings. The highest BCUT2D eigenvalue weighted by molar-refractivity contribution is 5.16. The van der Waals surface area contributed by atoms with E-state index in [2.05, 4.69) is 24.3 Å². The molecule has 6 atom stereocenters. The number of benzene rings is 2. The van der Waals surface area contributed by atoms with E-state index in [9.17, 15) is 0 Å². The zero-order valence-corrected chi connectivity index (χ0v) is 18.3. The van der Waals surface area contributed by atoms with Gasteiger partial charge >= 0.3 is 0 Å². The van der Waals surface area contributed by atoms with Crippen molar-refractivity contribution in [1.29, 1.82) is 0 Å². The topological polar surface area (TPSA) is 49.4 Å². The molecular formula is C25H31NO5. The molecule has 1 saturated carbocycles. The number of hydrogen-bond acceptors (Lipinski definition) is 6. The van der Waals surface area contributed by atoms with Gasteiger partial charge in [0.05, 0.1) is 32.0 Å². The Balaban J connectivity index is 1.39. The van der Waals surface area contributed by atoms with Crippen LogP contribution < -0.4 is 0 Å². The van der Waals surface area contributed by atoms with Crippen LogP contribution in [0.4, 0.5) is 0 Å². The van der Waals surface area contributed by atoms with Gasteiger partial charge in [0.25, 0.3) is 0 Å². The van der Waals surface area contributed by atoms with Gasteiger partial charge in [0.2, 0.25) is 0 Å². The Morgan fingerprint density at radius 2 is 1.35 bits per heavy atom. The predicted molar refractivity (Wildman–Crippen MR) is 115 cm³/mol. The quantitative estimate of drug-likeness (QED) is 0.706. The lowest BCUT2D eigenvalue weighted by Gasteiger charge is -2.44. The molecule has 0 N–H and O–H groups in total. The minimum atomic E-state index is -0.684. The van der Waals surface area contributed by atoms with Crippen molar-refractivity contribution in [3.63, 3.8) is 0 Å². The van der Waals surface area contributed by atoms with Crippen LogP contribution in [0.15, 0.2) is 60.7 Å². The Kier molecular flexibility index (Phi) is 5.86. The highest BCUT2D eigenvalue weighted by Gasteiger charge is 2.62. The first kappa shape index (κ1) is 21.1. The summed E-state index contributed by atoms with van der Waals surface area (Å²) in [6, 6.07) is 20.5. The molecule has 6 nitrogen and oxygen atoms in total. The number of fused-ring (bicyclic) bond motifs is 2. The van der Waals surface area contributed by atoms with Gasteiger partial charge in [0, 0.05) is 13.0 Å². The molecule has 2 saturated heterocycles. The van der Waals surface area contributed by atoms with Crippen molar-refractivity contribution in [2.24, 2.45) is 5.92 Å². The molecule has 2 aromatic carbocycles. The highest BCUT2D eigenvalue weighted by atomic mass is 16.8. The summed E-state index contributed by atoms with van der Waals surface area (Å²) in [5, 5.41) is 1.92. The van der Waals surface area contributed by atoms with E-state index in [1.165, 1.54) is 0 Å². The minimum absolute atomic E-state index is 0.0308. The molecule has 6 heteroatoms. The maximum absolute atomic E-state index is 6.49. The Labute approximate surface area is 183 Å². The van der Waals surface area contributed by atoms with Gasteiger partial charge in [-0.15, -0.1) is 0 Å². The number of ether oxygens (including phenoxy) is 4. The van der Waals surface area contributed by atoms with Crippen molar-refractivity contribution < 1.29 is 23.8 Å². The lowest BCUT2D eigenvalue weighted by molar-refractivity contribution is -0.194. The van der Waals surface area contributed by atoms with Crippen molar-refractivity contribution in [3.05, 3.63) is 71.8 Å². The Bertz CT molecular complexity index is 861. The summed E-state index contributed by atoms with van der Waals surface area (Å²) in [5.74, 6) is -0.552. The molecule has 166 valence electrons. The number of nitrogens with zero attached hydrogens (tertiary/aromatic N) is 1. The average molecular weight is 426 g/mol. The molecule has 3 aliphatic rings. The summed E-state index contributed by atoms with van der Waals surface area (Å²) >= 11 is 0. The van der Waals surface area contributed by atoms with Crippen molar-refractivity contribution in [2.75, 3.05) is 13.7 Å². The molecule has 5 rings (SSSR count). The van der Waals surface area contributed by atoms with Gasteiger partial charge in [-0.1, -0.05) is 60.7 Å². The SMILES string of the molecule is CN1OC[C@H]2[C@@H](OCc3ccccc3)[C@H]3OC(C)(C)O[C@H]3[C@H](OCc3ccccc3)[C@H]21. The molecular weight excluding hydrogens is 394 g/mol. The molecule has 1 aliphatic carbocycles. The first-order chi connectivity index (χ1) is 15.0. The molecule has 0 radical (unpaired) electrons. The van der Waals surface area contributed by atoms with E-state index in [0.717, 1.165) is 11.1 Å². The van der Waals surface area contributed by atoms with Crippen molar-refractivity contribution in [3.8, 4) is 0 Å². The van der Waals surface area contributed by atoms with E-state index in [1.54, 1.807) is 0 Å². The van der Waals surface area contributed by atoms with Crippen LogP contribution in [0.1, 0.15) is 25.0 Å². The molecule has 3 fully saturated rings. The second-order valence-corrected chi connectivity index (χ2v) is 9.08. The van der Waals surface area contributed by atoms with Crippen LogP contribution in [-0.4, -0.2) is 55.0 Å². The summed E-state index contributed by atoms with van der Waals surface area (Å²) in [6.45, 7) is 5.55. The largest absolute Gasteiger partial charge is 0.370 e.